The molecule has 5 heteroatoms. The van der Waals surface area contributed by atoms with E-state index in [2.05, 4.69) is 19.2 Å². The van der Waals surface area contributed by atoms with E-state index in [0.717, 1.165) is 17.5 Å². The highest BCUT2D eigenvalue weighted by Crippen LogP contribution is 2.33. The van der Waals surface area contributed by atoms with E-state index in [1.54, 1.807) is 4.90 Å². The SMILES string of the molecule is CC(C)CCNC(=O)C1c2ccccc2OCC(=O)N1Cc1ccccc1. The minimum Gasteiger partial charge on any atom is -0.483 e. The maximum Gasteiger partial charge on any atom is 0.261 e. The summed E-state index contributed by atoms with van der Waals surface area (Å²) in [7, 11) is 0. The fourth-order valence-corrected chi connectivity index (χ4v) is 3.20. The zero-order valence-corrected chi connectivity index (χ0v) is 15.9. The third-order valence-electron chi connectivity index (χ3n) is 4.66. The van der Waals surface area contributed by atoms with Crippen molar-refractivity contribution in [1.82, 2.24) is 10.2 Å². The van der Waals surface area contributed by atoms with E-state index in [1.165, 1.54) is 0 Å². The van der Waals surface area contributed by atoms with Crippen LogP contribution in [0.3, 0.4) is 0 Å². The van der Waals surface area contributed by atoms with E-state index in [1.807, 2.05) is 54.6 Å². The van der Waals surface area contributed by atoms with E-state index in [0.29, 0.717) is 24.8 Å². The highest BCUT2D eigenvalue weighted by atomic mass is 16.5. The molecule has 1 aliphatic heterocycles. The second-order valence-corrected chi connectivity index (χ2v) is 7.21. The van der Waals surface area contributed by atoms with Gasteiger partial charge in [-0.3, -0.25) is 9.59 Å². The molecular weight excluding hydrogens is 340 g/mol. The van der Waals surface area contributed by atoms with Gasteiger partial charge >= 0.3 is 0 Å². The molecule has 0 bridgehead atoms. The van der Waals surface area contributed by atoms with Crippen molar-refractivity contribution in [2.75, 3.05) is 13.2 Å². The molecule has 2 aromatic carbocycles. The van der Waals surface area contributed by atoms with Crippen molar-refractivity contribution < 1.29 is 14.3 Å². The number of benzene rings is 2. The Kier molecular flexibility index (Phi) is 6.12. The molecule has 1 aliphatic rings. The summed E-state index contributed by atoms with van der Waals surface area (Å²) in [6.45, 7) is 5.11. The first-order chi connectivity index (χ1) is 13.1. The summed E-state index contributed by atoms with van der Waals surface area (Å²) in [4.78, 5) is 27.5. The van der Waals surface area contributed by atoms with Crippen molar-refractivity contribution in [3.8, 4) is 5.75 Å². The molecule has 1 atom stereocenters. The van der Waals surface area contributed by atoms with Crippen molar-refractivity contribution in [1.29, 1.82) is 0 Å². The van der Waals surface area contributed by atoms with Crippen LogP contribution in [0.25, 0.3) is 0 Å². The van der Waals surface area contributed by atoms with Gasteiger partial charge in [-0.1, -0.05) is 62.4 Å². The Morgan fingerprint density at radius 2 is 1.85 bits per heavy atom. The van der Waals surface area contributed by atoms with Crippen molar-refractivity contribution >= 4 is 11.8 Å². The number of carbonyl (C=O) groups excluding carboxylic acids is 2. The molecule has 1 N–H and O–H groups in total. The summed E-state index contributed by atoms with van der Waals surface area (Å²) in [5.41, 5.74) is 1.70. The van der Waals surface area contributed by atoms with E-state index < -0.39 is 6.04 Å². The van der Waals surface area contributed by atoms with Crippen LogP contribution in [0.2, 0.25) is 0 Å². The molecule has 2 amide bonds. The van der Waals surface area contributed by atoms with Gasteiger partial charge in [0, 0.05) is 18.7 Å². The number of hydrogen-bond donors (Lipinski definition) is 1. The molecule has 0 fully saturated rings. The summed E-state index contributed by atoms with van der Waals surface area (Å²) in [6, 6.07) is 16.4. The summed E-state index contributed by atoms with van der Waals surface area (Å²) in [5.74, 6) is 0.722. The Balaban J connectivity index is 1.92. The maximum atomic E-state index is 13.1. The number of fused-ring (bicyclic) bond motifs is 1. The van der Waals surface area contributed by atoms with Crippen LogP contribution in [-0.2, 0) is 16.1 Å². The smallest absolute Gasteiger partial charge is 0.261 e. The molecule has 27 heavy (non-hydrogen) atoms. The largest absolute Gasteiger partial charge is 0.483 e. The summed E-state index contributed by atoms with van der Waals surface area (Å²) >= 11 is 0. The lowest BCUT2D eigenvalue weighted by atomic mass is 10.0. The van der Waals surface area contributed by atoms with Crippen LogP contribution in [0.15, 0.2) is 54.6 Å². The van der Waals surface area contributed by atoms with Gasteiger partial charge in [0.15, 0.2) is 6.61 Å². The Morgan fingerprint density at radius 1 is 1.15 bits per heavy atom. The standard InChI is InChI=1S/C22H26N2O3/c1-16(2)12-13-23-22(26)21-18-10-6-7-11-19(18)27-15-20(25)24(21)14-17-8-4-3-5-9-17/h3-11,16,21H,12-15H2,1-2H3,(H,23,26). The molecule has 1 heterocycles. The molecule has 2 aromatic rings. The van der Waals surface area contributed by atoms with Crippen LogP contribution >= 0.6 is 0 Å². The van der Waals surface area contributed by atoms with Gasteiger partial charge in [-0.2, -0.15) is 0 Å². The number of nitrogens with zero attached hydrogens (tertiary/aromatic N) is 1. The van der Waals surface area contributed by atoms with E-state index in [4.69, 9.17) is 4.74 Å². The summed E-state index contributed by atoms with van der Waals surface area (Å²) in [6.07, 6.45) is 0.892. The molecule has 0 aliphatic carbocycles. The van der Waals surface area contributed by atoms with Crippen LogP contribution in [-0.4, -0.2) is 29.9 Å². The predicted octanol–water partition coefficient (Wildman–Crippen LogP) is 3.31. The molecule has 142 valence electrons. The second-order valence-electron chi connectivity index (χ2n) is 7.21. The third kappa shape index (κ3) is 4.67. The van der Waals surface area contributed by atoms with E-state index >= 15 is 0 Å². The van der Waals surface area contributed by atoms with Crippen LogP contribution in [0.4, 0.5) is 0 Å². The number of amides is 2. The van der Waals surface area contributed by atoms with E-state index in [9.17, 15) is 9.59 Å². The number of rotatable bonds is 6. The molecule has 5 nitrogen and oxygen atoms in total. The molecule has 0 aromatic heterocycles. The van der Waals surface area contributed by atoms with Gasteiger partial charge in [-0.15, -0.1) is 0 Å². The predicted molar refractivity (Wildman–Crippen MR) is 104 cm³/mol. The Bertz CT molecular complexity index is 789. The first-order valence-electron chi connectivity index (χ1n) is 9.39. The zero-order valence-electron chi connectivity index (χ0n) is 15.9. The fraction of sp³-hybridized carbons (Fsp3) is 0.364. The second kappa shape index (κ2) is 8.71. The van der Waals surface area contributed by atoms with Gasteiger partial charge in [0.05, 0.1) is 0 Å². The Morgan fingerprint density at radius 3 is 2.59 bits per heavy atom. The van der Waals surface area contributed by atoms with Crippen molar-refractivity contribution in [2.24, 2.45) is 5.92 Å². The molecule has 0 radical (unpaired) electrons. The number of ether oxygens (including phenoxy) is 1. The first kappa shape index (κ1) is 19.0. The number of hydrogen-bond acceptors (Lipinski definition) is 3. The average molecular weight is 366 g/mol. The molecule has 0 saturated carbocycles. The lowest BCUT2D eigenvalue weighted by Gasteiger charge is -2.29. The third-order valence-corrected chi connectivity index (χ3v) is 4.66. The lowest BCUT2D eigenvalue weighted by Crippen LogP contribution is -2.44. The molecule has 0 saturated heterocycles. The zero-order chi connectivity index (χ0) is 19.2. The van der Waals surface area contributed by atoms with Gasteiger partial charge < -0.3 is 15.0 Å². The number of carbonyl (C=O) groups is 2. The number of nitrogens with one attached hydrogen (secondary N) is 1. The molecule has 1 unspecified atom stereocenters. The molecule has 0 spiro atoms. The van der Waals surface area contributed by atoms with Crippen molar-refractivity contribution in [3.63, 3.8) is 0 Å². The van der Waals surface area contributed by atoms with Gasteiger partial charge in [0.2, 0.25) is 5.91 Å². The van der Waals surface area contributed by atoms with Gasteiger partial charge in [-0.05, 0) is 24.0 Å². The lowest BCUT2D eigenvalue weighted by molar-refractivity contribution is -0.142. The highest BCUT2D eigenvalue weighted by Gasteiger charge is 2.36. The summed E-state index contributed by atoms with van der Waals surface area (Å²) in [5, 5.41) is 3.00. The maximum absolute atomic E-state index is 13.1. The van der Waals surface area contributed by atoms with Crippen LogP contribution < -0.4 is 10.1 Å². The quantitative estimate of drug-likeness (QED) is 0.853. The normalized spacial score (nSPS) is 16.5. The van der Waals surface area contributed by atoms with Crippen LogP contribution in [0.5, 0.6) is 5.75 Å². The van der Waals surface area contributed by atoms with Gasteiger partial charge in [0.25, 0.3) is 5.91 Å². The van der Waals surface area contributed by atoms with Crippen LogP contribution in [0, 0.1) is 5.92 Å². The Hall–Kier alpha value is -2.82. The summed E-state index contributed by atoms with van der Waals surface area (Å²) < 4.78 is 5.68. The Labute approximate surface area is 160 Å². The molecular formula is C22H26N2O3. The fourth-order valence-electron chi connectivity index (χ4n) is 3.20. The topological polar surface area (TPSA) is 58.6 Å². The highest BCUT2D eigenvalue weighted by molar-refractivity contribution is 5.90. The average Bonchev–Trinajstić information content (AvgIpc) is 2.80. The van der Waals surface area contributed by atoms with Crippen molar-refractivity contribution in [2.45, 2.75) is 32.9 Å². The monoisotopic (exact) mass is 366 g/mol. The van der Waals surface area contributed by atoms with Crippen molar-refractivity contribution in [3.05, 3.63) is 65.7 Å². The minimum absolute atomic E-state index is 0.0698. The van der Waals surface area contributed by atoms with E-state index in [-0.39, 0.29) is 18.4 Å². The molecule has 3 rings (SSSR count). The minimum atomic E-state index is -0.705. The van der Waals surface area contributed by atoms with Crippen LogP contribution in [0.1, 0.15) is 37.4 Å². The van der Waals surface area contributed by atoms with Gasteiger partial charge in [-0.25, -0.2) is 0 Å². The van der Waals surface area contributed by atoms with Gasteiger partial charge in [0.1, 0.15) is 11.8 Å². The first-order valence-corrected chi connectivity index (χ1v) is 9.39. The number of para-hydroxylation sites is 1.